The highest BCUT2D eigenvalue weighted by Gasteiger charge is 2.25. The molecule has 0 heterocycles. The molecule has 0 aliphatic rings. The molecule has 0 saturated heterocycles. The lowest BCUT2D eigenvalue weighted by Crippen LogP contribution is -2.54. The molecule has 0 radical (unpaired) electrons. The fraction of sp³-hybridized carbons (Fsp3) is 0.917. The summed E-state index contributed by atoms with van der Waals surface area (Å²) in [5.41, 5.74) is -0.518. The maximum Gasteiger partial charge on any atom is 0.315 e. The molecule has 0 fully saturated rings. The summed E-state index contributed by atoms with van der Waals surface area (Å²) in [6.45, 7) is 9.94. The fourth-order valence-electron chi connectivity index (χ4n) is 1.42. The van der Waals surface area contributed by atoms with Gasteiger partial charge in [-0.1, -0.05) is 27.2 Å². The van der Waals surface area contributed by atoms with Gasteiger partial charge in [0, 0.05) is 6.04 Å². The Morgan fingerprint density at radius 2 is 1.94 bits per heavy atom. The maximum atomic E-state index is 11.7. The topological polar surface area (TPSA) is 61.4 Å². The van der Waals surface area contributed by atoms with Crippen LogP contribution in [0.5, 0.6) is 0 Å². The van der Waals surface area contributed by atoms with Gasteiger partial charge in [0.1, 0.15) is 0 Å². The summed E-state index contributed by atoms with van der Waals surface area (Å²) < 4.78 is 0. The van der Waals surface area contributed by atoms with E-state index in [2.05, 4.69) is 24.5 Å². The number of hydrogen-bond donors (Lipinski definition) is 3. The molecule has 0 spiro atoms. The van der Waals surface area contributed by atoms with Crippen molar-refractivity contribution >= 4 is 6.03 Å². The third-order valence-corrected chi connectivity index (χ3v) is 2.92. The van der Waals surface area contributed by atoms with Crippen molar-refractivity contribution in [3.8, 4) is 0 Å². The van der Waals surface area contributed by atoms with Crippen LogP contribution in [0.25, 0.3) is 0 Å². The molecular weight excluding hydrogens is 204 g/mol. The van der Waals surface area contributed by atoms with Crippen molar-refractivity contribution in [2.24, 2.45) is 5.92 Å². The van der Waals surface area contributed by atoms with Crippen molar-refractivity contribution < 1.29 is 9.90 Å². The van der Waals surface area contributed by atoms with Crippen LogP contribution in [0.4, 0.5) is 4.79 Å². The summed E-state index contributed by atoms with van der Waals surface area (Å²) in [6, 6.07) is -0.0734. The first-order chi connectivity index (χ1) is 7.34. The summed E-state index contributed by atoms with van der Waals surface area (Å²) in [5.74, 6) is 0.400. The molecule has 0 saturated carbocycles. The molecule has 3 N–H and O–H groups in total. The standard InChI is InChI=1S/C12H26N2O2/c1-6-7-12(5,8-15)14-11(16)13-10(4)9(2)3/h9-10,15H,6-8H2,1-5H3,(H2,13,14,16). The lowest BCUT2D eigenvalue weighted by Gasteiger charge is -2.29. The second-order valence-electron chi connectivity index (χ2n) is 5.10. The molecule has 0 aromatic carbocycles. The Morgan fingerprint density at radius 3 is 2.31 bits per heavy atom. The van der Waals surface area contributed by atoms with Crippen LogP contribution in [-0.4, -0.2) is 29.3 Å². The molecule has 0 aliphatic heterocycles. The Balaban J connectivity index is 4.21. The Morgan fingerprint density at radius 1 is 1.38 bits per heavy atom. The van der Waals surface area contributed by atoms with E-state index in [1.54, 1.807) is 0 Å². The van der Waals surface area contributed by atoms with Crippen molar-refractivity contribution in [3.63, 3.8) is 0 Å². The SMILES string of the molecule is CCCC(C)(CO)NC(=O)NC(C)C(C)C. The van der Waals surface area contributed by atoms with Gasteiger partial charge >= 0.3 is 6.03 Å². The number of aliphatic hydroxyl groups excluding tert-OH is 1. The zero-order valence-corrected chi connectivity index (χ0v) is 11.1. The fourth-order valence-corrected chi connectivity index (χ4v) is 1.42. The Hall–Kier alpha value is -0.770. The van der Waals surface area contributed by atoms with E-state index in [-0.39, 0.29) is 18.7 Å². The van der Waals surface area contributed by atoms with Crippen molar-refractivity contribution in [1.29, 1.82) is 0 Å². The third kappa shape index (κ3) is 5.35. The first-order valence-corrected chi connectivity index (χ1v) is 6.04. The number of urea groups is 1. The van der Waals surface area contributed by atoms with E-state index in [0.717, 1.165) is 12.8 Å². The average molecular weight is 230 g/mol. The molecule has 96 valence electrons. The van der Waals surface area contributed by atoms with E-state index in [1.807, 2.05) is 20.8 Å². The van der Waals surface area contributed by atoms with Gasteiger partial charge in [-0.2, -0.15) is 0 Å². The van der Waals surface area contributed by atoms with E-state index in [1.165, 1.54) is 0 Å². The van der Waals surface area contributed by atoms with Crippen molar-refractivity contribution in [2.75, 3.05) is 6.61 Å². The van der Waals surface area contributed by atoms with Gasteiger partial charge in [0.25, 0.3) is 0 Å². The van der Waals surface area contributed by atoms with E-state index >= 15 is 0 Å². The molecule has 16 heavy (non-hydrogen) atoms. The van der Waals surface area contributed by atoms with Gasteiger partial charge in [-0.3, -0.25) is 0 Å². The van der Waals surface area contributed by atoms with E-state index < -0.39 is 5.54 Å². The van der Waals surface area contributed by atoms with Crippen LogP contribution in [0.1, 0.15) is 47.5 Å². The van der Waals surface area contributed by atoms with Gasteiger partial charge in [-0.05, 0) is 26.2 Å². The number of carbonyl (C=O) groups excluding carboxylic acids is 1. The van der Waals surface area contributed by atoms with Crippen LogP contribution < -0.4 is 10.6 Å². The molecule has 0 aliphatic carbocycles. The van der Waals surface area contributed by atoms with Crippen LogP contribution in [-0.2, 0) is 0 Å². The maximum absolute atomic E-state index is 11.7. The predicted octanol–water partition coefficient (Wildman–Crippen LogP) is 1.88. The number of amides is 2. The molecule has 2 atom stereocenters. The Bertz CT molecular complexity index is 219. The van der Waals surface area contributed by atoms with Gasteiger partial charge < -0.3 is 15.7 Å². The lowest BCUT2D eigenvalue weighted by atomic mass is 9.97. The van der Waals surface area contributed by atoms with Crippen molar-refractivity contribution in [1.82, 2.24) is 10.6 Å². The largest absolute Gasteiger partial charge is 0.394 e. The highest BCUT2D eigenvalue weighted by atomic mass is 16.3. The third-order valence-electron chi connectivity index (χ3n) is 2.92. The van der Waals surface area contributed by atoms with E-state index in [0.29, 0.717) is 5.92 Å². The smallest absolute Gasteiger partial charge is 0.315 e. The lowest BCUT2D eigenvalue weighted by molar-refractivity contribution is 0.161. The highest BCUT2D eigenvalue weighted by molar-refractivity contribution is 5.75. The first-order valence-electron chi connectivity index (χ1n) is 6.04. The molecule has 0 rings (SSSR count). The monoisotopic (exact) mass is 230 g/mol. The number of nitrogens with one attached hydrogen (secondary N) is 2. The number of aliphatic hydroxyl groups is 1. The molecule has 0 bridgehead atoms. The summed E-state index contributed by atoms with van der Waals surface area (Å²) in [4.78, 5) is 11.7. The molecular formula is C12H26N2O2. The van der Waals surface area contributed by atoms with Crippen LogP contribution in [0.3, 0.4) is 0 Å². The summed E-state index contributed by atoms with van der Waals surface area (Å²) in [5, 5.41) is 15.0. The molecule has 0 aromatic rings. The molecule has 4 nitrogen and oxygen atoms in total. The van der Waals surface area contributed by atoms with Gasteiger partial charge in [-0.25, -0.2) is 4.79 Å². The van der Waals surface area contributed by atoms with Crippen LogP contribution >= 0.6 is 0 Å². The van der Waals surface area contributed by atoms with Gasteiger partial charge in [0.2, 0.25) is 0 Å². The molecule has 2 unspecified atom stereocenters. The van der Waals surface area contributed by atoms with Crippen molar-refractivity contribution in [3.05, 3.63) is 0 Å². The molecule has 2 amide bonds. The number of rotatable bonds is 6. The van der Waals surface area contributed by atoms with E-state index in [9.17, 15) is 9.90 Å². The van der Waals surface area contributed by atoms with Crippen LogP contribution in [0, 0.1) is 5.92 Å². The normalized spacial score (nSPS) is 16.7. The Labute approximate surface area is 98.8 Å². The van der Waals surface area contributed by atoms with Crippen LogP contribution in [0.15, 0.2) is 0 Å². The molecule has 4 heteroatoms. The minimum atomic E-state index is -0.518. The number of carbonyl (C=O) groups is 1. The molecule has 0 aromatic heterocycles. The Kier molecular flexibility index (Phi) is 6.41. The zero-order valence-electron chi connectivity index (χ0n) is 11.1. The summed E-state index contributed by atoms with van der Waals surface area (Å²) in [7, 11) is 0. The summed E-state index contributed by atoms with van der Waals surface area (Å²) in [6.07, 6.45) is 1.70. The zero-order chi connectivity index (χ0) is 12.8. The minimum Gasteiger partial charge on any atom is -0.394 e. The van der Waals surface area contributed by atoms with Gasteiger partial charge in [-0.15, -0.1) is 0 Å². The second kappa shape index (κ2) is 6.74. The minimum absolute atomic E-state index is 0.0374. The van der Waals surface area contributed by atoms with Gasteiger partial charge in [0.05, 0.1) is 12.1 Å². The van der Waals surface area contributed by atoms with Gasteiger partial charge in [0.15, 0.2) is 0 Å². The summed E-state index contributed by atoms with van der Waals surface area (Å²) >= 11 is 0. The average Bonchev–Trinajstić information content (AvgIpc) is 2.17. The quantitative estimate of drug-likeness (QED) is 0.652. The van der Waals surface area contributed by atoms with Crippen molar-refractivity contribution in [2.45, 2.75) is 59.0 Å². The first kappa shape index (κ1) is 15.2. The predicted molar refractivity (Wildman–Crippen MR) is 66.4 cm³/mol. The van der Waals surface area contributed by atoms with E-state index in [4.69, 9.17) is 0 Å². The van der Waals surface area contributed by atoms with Crippen LogP contribution in [0.2, 0.25) is 0 Å². The second-order valence-corrected chi connectivity index (χ2v) is 5.10. The number of hydrogen-bond acceptors (Lipinski definition) is 2. The highest BCUT2D eigenvalue weighted by Crippen LogP contribution is 2.11.